The van der Waals surface area contributed by atoms with Crippen LogP contribution in [0.15, 0.2) is 6.33 Å². The summed E-state index contributed by atoms with van der Waals surface area (Å²) in [6.45, 7) is 3.89. The normalized spacial score (nSPS) is 14.1. The highest BCUT2D eigenvalue weighted by Gasteiger charge is 2.19. The molecule has 0 fully saturated rings. The molecular formula is C14H20N6O. The number of nitrogens with zero attached hydrogens (tertiary/aromatic N) is 5. The Kier molecular flexibility index (Phi) is 3.72. The molecule has 2 heterocycles. The van der Waals surface area contributed by atoms with E-state index in [9.17, 15) is 0 Å². The van der Waals surface area contributed by atoms with E-state index in [-0.39, 0.29) is 6.10 Å². The van der Waals surface area contributed by atoms with Crippen molar-refractivity contribution in [1.82, 2.24) is 24.5 Å². The van der Waals surface area contributed by atoms with Crippen LogP contribution in [0.5, 0.6) is 6.01 Å². The number of ether oxygens (including phenoxy) is 1. The van der Waals surface area contributed by atoms with E-state index in [0.29, 0.717) is 17.9 Å². The number of imidazole rings is 1. The summed E-state index contributed by atoms with van der Waals surface area (Å²) < 4.78 is 7.55. The molecule has 0 amide bonds. The number of aryl methyl sites for hydroxylation is 1. The molecule has 0 saturated heterocycles. The molecule has 112 valence electrons. The van der Waals surface area contributed by atoms with Crippen LogP contribution in [0.1, 0.15) is 38.1 Å². The first-order valence-electron chi connectivity index (χ1n) is 7.33. The third-order valence-electron chi connectivity index (χ3n) is 3.41. The van der Waals surface area contributed by atoms with Crippen molar-refractivity contribution in [2.24, 2.45) is 0 Å². The molecule has 21 heavy (non-hydrogen) atoms. The monoisotopic (exact) mass is 288 g/mol. The summed E-state index contributed by atoms with van der Waals surface area (Å²) in [5.74, 6) is 1.05. The summed E-state index contributed by atoms with van der Waals surface area (Å²) in [5.41, 5.74) is 2.35. The third kappa shape index (κ3) is 2.81. The molecule has 2 aromatic heterocycles. The maximum Gasteiger partial charge on any atom is 0.323 e. The Morgan fingerprint density at radius 3 is 2.76 bits per heavy atom. The van der Waals surface area contributed by atoms with Gasteiger partial charge in [0.25, 0.3) is 0 Å². The third-order valence-corrected chi connectivity index (χ3v) is 3.41. The van der Waals surface area contributed by atoms with Gasteiger partial charge >= 0.3 is 6.01 Å². The second-order valence-corrected chi connectivity index (χ2v) is 5.37. The minimum absolute atomic E-state index is 0.0154. The zero-order valence-corrected chi connectivity index (χ0v) is 12.6. The second-order valence-electron chi connectivity index (χ2n) is 5.37. The molecule has 0 aromatic carbocycles. The highest BCUT2D eigenvalue weighted by molar-refractivity contribution is 5.32. The van der Waals surface area contributed by atoms with Crippen LogP contribution in [-0.4, -0.2) is 37.7 Å². The standard InChI is InChI=1S/C14H20N6O/c1-9(2)21-14-18-12(15-3)17-13(19-14)20-8-16-10-6-4-5-7-11(10)20/h8-9H,4-7H2,1-3H3,(H,15,17,18,19). The van der Waals surface area contributed by atoms with E-state index in [1.54, 1.807) is 13.4 Å². The highest BCUT2D eigenvalue weighted by Crippen LogP contribution is 2.22. The first kappa shape index (κ1) is 13.8. The lowest BCUT2D eigenvalue weighted by Crippen LogP contribution is -2.14. The Balaban J connectivity index is 2.03. The average Bonchev–Trinajstić information content (AvgIpc) is 2.90. The molecule has 7 nitrogen and oxygen atoms in total. The van der Waals surface area contributed by atoms with Crippen LogP contribution in [0.3, 0.4) is 0 Å². The Morgan fingerprint density at radius 1 is 1.19 bits per heavy atom. The van der Waals surface area contributed by atoms with E-state index < -0.39 is 0 Å². The SMILES string of the molecule is CNc1nc(OC(C)C)nc(-n2cnc3c2CCCC3)n1. The molecule has 0 atom stereocenters. The Hall–Kier alpha value is -2.18. The molecule has 0 bridgehead atoms. The molecule has 0 saturated carbocycles. The fraction of sp³-hybridized carbons (Fsp3) is 0.571. The molecule has 1 aliphatic rings. The number of hydrogen-bond acceptors (Lipinski definition) is 6. The summed E-state index contributed by atoms with van der Waals surface area (Å²) in [5, 5.41) is 2.95. The Morgan fingerprint density at radius 2 is 2.00 bits per heavy atom. The van der Waals surface area contributed by atoms with E-state index in [2.05, 4.69) is 25.3 Å². The van der Waals surface area contributed by atoms with Crippen LogP contribution in [0.4, 0.5) is 5.95 Å². The van der Waals surface area contributed by atoms with Gasteiger partial charge in [-0.1, -0.05) is 0 Å². The lowest BCUT2D eigenvalue weighted by atomic mass is 10.0. The number of aromatic nitrogens is 5. The van der Waals surface area contributed by atoms with E-state index in [1.165, 1.54) is 18.5 Å². The molecule has 7 heteroatoms. The van der Waals surface area contributed by atoms with Gasteiger partial charge in [0.2, 0.25) is 11.9 Å². The summed E-state index contributed by atoms with van der Waals surface area (Å²) >= 11 is 0. The van der Waals surface area contributed by atoms with Crippen molar-refractivity contribution >= 4 is 5.95 Å². The fourth-order valence-corrected chi connectivity index (χ4v) is 2.47. The molecule has 0 unspecified atom stereocenters. The first-order chi connectivity index (χ1) is 10.2. The number of anilines is 1. The van der Waals surface area contributed by atoms with Crippen LogP contribution in [0.2, 0.25) is 0 Å². The van der Waals surface area contributed by atoms with Crippen LogP contribution in [0, 0.1) is 0 Å². The zero-order chi connectivity index (χ0) is 14.8. The number of nitrogens with one attached hydrogen (secondary N) is 1. The van der Waals surface area contributed by atoms with Crippen LogP contribution in [0.25, 0.3) is 5.95 Å². The van der Waals surface area contributed by atoms with Crippen molar-refractivity contribution in [1.29, 1.82) is 0 Å². The molecule has 2 aromatic rings. The lowest BCUT2D eigenvalue weighted by Gasteiger charge is -2.14. The van der Waals surface area contributed by atoms with Gasteiger partial charge in [0, 0.05) is 12.7 Å². The molecule has 1 aliphatic carbocycles. The van der Waals surface area contributed by atoms with Gasteiger partial charge in [-0.2, -0.15) is 15.0 Å². The minimum atomic E-state index is 0.0154. The van der Waals surface area contributed by atoms with Gasteiger partial charge in [0.15, 0.2) is 0 Å². The summed E-state index contributed by atoms with van der Waals surface area (Å²) in [7, 11) is 1.78. The van der Waals surface area contributed by atoms with E-state index >= 15 is 0 Å². The Bertz CT molecular complexity index is 636. The van der Waals surface area contributed by atoms with Crippen molar-refractivity contribution in [3.05, 3.63) is 17.7 Å². The maximum atomic E-state index is 5.60. The van der Waals surface area contributed by atoms with Gasteiger partial charge in [-0.15, -0.1) is 0 Å². The Labute approximate surface area is 123 Å². The van der Waals surface area contributed by atoms with Crippen molar-refractivity contribution in [2.75, 3.05) is 12.4 Å². The molecule has 0 aliphatic heterocycles. The molecule has 3 rings (SSSR count). The minimum Gasteiger partial charge on any atom is -0.461 e. The summed E-state index contributed by atoms with van der Waals surface area (Å²) in [6, 6.07) is 0.331. The fourth-order valence-electron chi connectivity index (χ4n) is 2.47. The van der Waals surface area contributed by atoms with Gasteiger partial charge in [0.05, 0.1) is 11.8 Å². The highest BCUT2D eigenvalue weighted by atomic mass is 16.5. The van der Waals surface area contributed by atoms with Crippen LogP contribution < -0.4 is 10.1 Å². The van der Waals surface area contributed by atoms with Crippen molar-refractivity contribution in [3.63, 3.8) is 0 Å². The smallest absolute Gasteiger partial charge is 0.323 e. The molecule has 0 spiro atoms. The number of hydrogen-bond donors (Lipinski definition) is 1. The van der Waals surface area contributed by atoms with Crippen LogP contribution in [-0.2, 0) is 12.8 Å². The number of fused-ring (bicyclic) bond motifs is 1. The van der Waals surface area contributed by atoms with Crippen LogP contribution >= 0.6 is 0 Å². The average molecular weight is 288 g/mol. The maximum absolute atomic E-state index is 5.60. The molecular weight excluding hydrogens is 268 g/mol. The van der Waals surface area contributed by atoms with Crippen molar-refractivity contribution < 1.29 is 4.74 Å². The quantitative estimate of drug-likeness (QED) is 0.923. The zero-order valence-electron chi connectivity index (χ0n) is 12.6. The van der Waals surface area contributed by atoms with Gasteiger partial charge in [-0.3, -0.25) is 4.57 Å². The summed E-state index contributed by atoms with van der Waals surface area (Å²) in [6.07, 6.45) is 6.23. The van der Waals surface area contributed by atoms with E-state index in [0.717, 1.165) is 18.5 Å². The van der Waals surface area contributed by atoms with Gasteiger partial charge in [-0.25, -0.2) is 4.98 Å². The van der Waals surface area contributed by atoms with Gasteiger partial charge in [0.1, 0.15) is 6.33 Å². The van der Waals surface area contributed by atoms with E-state index in [4.69, 9.17) is 4.74 Å². The lowest BCUT2D eigenvalue weighted by molar-refractivity contribution is 0.221. The van der Waals surface area contributed by atoms with Crippen molar-refractivity contribution in [2.45, 2.75) is 45.6 Å². The largest absolute Gasteiger partial charge is 0.461 e. The van der Waals surface area contributed by atoms with Crippen molar-refractivity contribution in [3.8, 4) is 12.0 Å². The topological polar surface area (TPSA) is 77.8 Å². The van der Waals surface area contributed by atoms with E-state index in [1.807, 2.05) is 18.4 Å². The van der Waals surface area contributed by atoms with Gasteiger partial charge < -0.3 is 10.1 Å². The first-order valence-corrected chi connectivity index (χ1v) is 7.33. The molecule has 1 N–H and O–H groups in total. The molecule has 0 radical (unpaired) electrons. The number of rotatable bonds is 4. The van der Waals surface area contributed by atoms with Gasteiger partial charge in [-0.05, 0) is 39.5 Å². The predicted octanol–water partition coefficient (Wildman–Crippen LogP) is 1.76. The summed E-state index contributed by atoms with van der Waals surface area (Å²) in [4.78, 5) is 17.5. The second kappa shape index (κ2) is 5.67. The predicted molar refractivity (Wildman–Crippen MR) is 78.9 cm³/mol.